The topological polar surface area (TPSA) is 61.8 Å². The summed E-state index contributed by atoms with van der Waals surface area (Å²) in [5, 5.41) is 3.95. The SMILES string of the molecule is CCN=C1SC(CC(=O)Nc2ccc(Cl)c(Cl)c2)C(=O)N1C1CCCCCC1. The minimum Gasteiger partial charge on any atom is -0.326 e. The number of halogens is 2. The molecule has 1 saturated carbocycles. The predicted molar refractivity (Wildman–Crippen MR) is 117 cm³/mol. The highest BCUT2D eigenvalue weighted by atomic mass is 35.5. The third kappa shape index (κ3) is 5.22. The van der Waals surface area contributed by atoms with Crippen LogP contribution in [0.3, 0.4) is 0 Å². The van der Waals surface area contributed by atoms with Gasteiger partial charge in [-0.3, -0.25) is 19.5 Å². The van der Waals surface area contributed by atoms with Gasteiger partial charge in [0.15, 0.2) is 5.17 Å². The Balaban J connectivity index is 1.67. The van der Waals surface area contributed by atoms with Crippen LogP contribution in [-0.4, -0.2) is 39.7 Å². The Kier molecular flexibility index (Phi) is 7.66. The first-order chi connectivity index (χ1) is 13.5. The molecule has 0 radical (unpaired) electrons. The first-order valence-corrected chi connectivity index (χ1v) is 11.4. The average Bonchev–Trinajstić information content (AvgIpc) is 2.83. The number of carbonyl (C=O) groups is 2. The number of hydrogen-bond donors (Lipinski definition) is 1. The fourth-order valence-corrected chi connectivity index (χ4v) is 5.23. The van der Waals surface area contributed by atoms with E-state index in [0.29, 0.717) is 22.3 Å². The van der Waals surface area contributed by atoms with Crippen LogP contribution in [0.4, 0.5) is 5.69 Å². The fraction of sp³-hybridized carbons (Fsp3) is 0.550. The van der Waals surface area contributed by atoms with Crippen LogP contribution in [0, 0.1) is 0 Å². The van der Waals surface area contributed by atoms with Gasteiger partial charge < -0.3 is 5.32 Å². The van der Waals surface area contributed by atoms with Crippen LogP contribution < -0.4 is 5.32 Å². The van der Waals surface area contributed by atoms with Crippen LogP contribution >= 0.6 is 35.0 Å². The van der Waals surface area contributed by atoms with E-state index < -0.39 is 5.25 Å². The van der Waals surface area contributed by atoms with Gasteiger partial charge in [0.2, 0.25) is 11.8 Å². The Hall–Kier alpha value is -1.24. The third-order valence-corrected chi connectivity index (χ3v) is 6.95. The molecular formula is C20H25Cl2N3O2S. The van der Waals surface area contributed by atoms with E-state index in [9.17, 15) is 9.59 Å². The van der Waals surface area contributed by atoms with Crippen molar-refractivity contribution in [1.82, 2.24) is 4.90 Å². The van der Waals surface area contributed by atoms with Crippen LogP contribution in [0.25, 0.3) is 0 Å². The number of anilines is 1. The summed E-state index contributed by atoms with van der Waals surface area (Å²) < 4.78 is 0. The van der Waals surface area contributed by atoms with Crippen LogP contribution in [0.15, 0.2) is 23.2 Å². The van der Waals surface area contributed by atoms with Crippen molar-refractivity contribution < 1.29 is 9.59 Å². The lowest BCUT2D eigenvalue weighted by Crippen LogP contribution is -2.41. The van der Waals surface area contributed by atoms with Crippen molar-refractivity contribution in [2.45, 2.75) is 63.2 Å². The van der Waals surface area contributed by atoms with Crippen molar-refractivity contribution in [3.05, 3.63) is 28.2 Å². The lowest BCUT2D eigenvalue weighted by molar-refractivity contribution is -0.129. The first kappa shape index (κ1) is 21.5. The van der Waals surface area contributed by atoms with Crippen molar-refractivity contribution in [3.63, 3.8) is 0 Å². The Morgan fingerprint density at radius 3 is 2.57 bits per heavy atom. The number of hydrogen-bond acceptors (Lipinski definition) is 4. The molecular weight excluding hydrogens is 417 g/mol. The van der Waals surface area contributed by atoms with Gasteiger partial charge >= 0.3 is 0 Å². The van der Waals surface area contributed by atoms with Crippen molar-refractivity contribution in [2.24, 2.45) is 4.99 Å². The monoisotopic (exact) mass is 441 g/mol. The zero-order valence-corrected chi connectivity index (χ0v) is 18.2. The molecule has 0 bridgehead atoms. The van der Waals surface area contributed by atoms with Gasteiger partial charge in [-0.05, 0) is 38.0 Å². The number of rotatable bonds is 5. The smallest absolute Gasteiger partial charge is 0.242 e. The molecule has 1 aromatic carbocycles. The molecule has 1 aliphatic heterocycles. The van der Waals surface area contributed by atoms with Gasteiger partial charge in [-0.15, -0.1) is 0 Å². The van der Waals surface area contributed by atoms with E-state index in [2.05, 4.69) is 10.3 Å². The minimum absolute atomic E-state index is 0.00777. The quantitative estimate of drug-likeness (QED) is 0.624. The van der Waals surface area contributed by atoms with Gasteiger partial charge in [-0.2, -0.15) is 0 Å². The summed E-state index contributed by atoms with van der Waals surface area (Å²) >= 11 is 13.3. The second kappa shape index (κ2) is 9.99. The molecule has 2 amide bonds. The molecule has 1 heterocycles. The molecule has 1 aliphatic carbocycles. The molecule has 1 atom stereocenters. The number of carbonyl (C=O) groups excluding carboxylic acids is 2. The van der Waals surface area contributed by atoms with E-state index in [1.807, 2.05) is 11.8 Å². The maximum atomic E-state index is 13.1. The number of nitrogens with one attached hydrogen (secondary N) is 1. The molecule has 0 aromatic heterocycles. The summed E-state index contributed by atoms with van der Waals surface area (Å²) in [4.78, 5) is 32.0. The van der Waals surface area contributed by atoms with Gasteiger partial charge in [0.05, 0.1) is 10.0 Å². The van der Waals surface area contributed by atoms with Crippen LogP contribution in [0.5, 0.6) is 0 Å². The number of thioether (sulfide) groups is 1. The van der Waals surface area contributed by atoms with Crippen LogP contribution in [0.2, 0.25) is 10.0 Å². The van der Waals surface area contributed by atoms with Gasteiger partial charge in [0.25, 0.3) is 0 Å². The molecule has 1 saturated heterocycles. The van der Waals surface area contributed by atoms with Crippen molar-refractivity contribution in [3.8, 4) is 0 Å². The molecule has 1 aromatic rings. The Morgan fingerprint density at radius 1 is 1.21 bits per heavy atom. The van der Waals surface area contributed by atoms with Crippen LogP contribution in [-0.2, 0) is 9.59 Å². The highest BCUT2D eigenvalue weighted by Crippen LogP contribution is 2.35. The summed E-state index contributed by atoms with van der Waals surface area (Å²) in [6, 6.07) is 5.13. The van der Waals surface area contributed by atoms with Crippen molar-refractivity contribution in [2.75, 3.05) is 11.9 Å². The van der Waals surface area contributed by atoms with Crippen molar-refractivity contribution in [1.29, 1.82) is 0 Å². The van der Waals surface area contributed by atoms with E-state index in [-0.39, 0.29) is 24.3 Å². The number of amidine groups is 1. The second-order valence-electron chi connectivity index (χ2n) is 7.10. The molecule has 5 nitrogen and oxygen atoms in total. The Morgan fingerprint density at radius 2 is 1.93 bits per heavy atom. The lowest BCUT2D eigenvalue weighted by atomic mass is 10.1. The molecule has 1 unspecified atom stereocenters. The Bertz CT molecular complexity index is 764. The molecule has 2 aliphatic rings. The summed E-state index contributed by atoms with van der Waals surface area (Å²) in [7, 11) is 0. The summed E-state index contributed by atoms with van der Waals surface area (Å²) in [5.74, 6) is -0.212. The highest BCUT2D eigenvalue weighted by molar-refractivity contribution is 8.15. The molecule has 28 heavy (non-hydrogen) atoms. The second-order valence-corrected chi connectivity index (χ2v) is 9.08. The maximum Gasteiger partial charge on any atom is 0.242 e. The molecule has 3 rings (SSSR count). The van der Waals surface area contributed by atoms with Gasteiger partial charge in [-0.1, -0.05) is 60.6 Å². The van der Waals surface area contributed by atoms with E-state index in [4.69, 9.17) is 23.2 Å². The third-order valence-electron chi connectivity index (χ3n) is 5.02. The van der Waals surface area contributed by atoms with E-state index in [1.165, 1.54) is 24.6 Å². The Labute approximate surface area is 180 Å². The average molecular weight is 442 g/mol. The number of nitrogens with zero attached hydrogens (tertiary/aromatic N) is 2. The first-order valence-electron chi connectivity index (χ1n) is 9.78. The van der Waals surface area contributed by atoms with E-state index in [0.717, 1.165) is 30.9 Å². The lowest BCUT2D eigenvalue weighted by Gasteiger charge is -2.26. The molecule has 0 spiro atoms. The summed E-state index contributed by atoms with van der Waals surface area (Å²) in [6.07, 6.45) is 6.86. The normalized spacial score (nSPS) is 22.5. The van der Waals surface area contributed by atoms with Gasteiger partial charge in [0.1, 0.15) is 5.25 Å². The number of amides is 2. The summed E-state index contributed by atoms with van der Waals surface area (Å²) in [6.45, 7) is 2.59. The molecule has 8 heteroatoms. The minimum atomic E-state index is -0.434. The summed E-state index contributed by atoms with van der Waals surface area (Å²) in [5.41, 5.74) is 0.568. The van der Waals surface area contributed by atoms with Crippen molar-refractivity contribution >= 4 is 57.6 Å². The number of aliphatic imine (C=N–C) groups is 1. The highest BCUT2D eigenvalue weighted by Gasteiger charge is 2.42. The fourth-order valence-electron chi connectivity index (χ4n) is 3.67. The van der Waals surface area contributed by atoms with E-state index in [1.54, 1.807) is 18.2 Å². The standard InChI is InChI=1S/C20H25Cl2N3O2S/c1-2-23-20-25(14-7-5-3-4-6-8-14)19(27)17(28-20)12-18(26)24-13-9-10-15(21)16(22)11-13/h9-11,14,17H,2-8,12H2,1H3,(H,24,26). The van der Waals surface area contributed by atoms with Crippen LogP contribution in [0.1, 0.15) is 51.9 Å². The molecule has 1 N–H and O–H groups in total. The zero-order chi connectivity index (χ0) is 20.1. The largest absolute Gasteiger partial charge is 0.326 e. The molecule has 2 fully saturated rings. The van der Waals surface area contributed by atoms with Gasteiger partial charge in [-0.25, -0.2) is 0 Å². The van der Waals surface area contributed by atoms with Gasteiger partial charge in [0, 0.05) is 24.7 Å². The predicted octanol–water partition coefficient (Wildman–Crippen LogP) is 5.36. The molecule has 152 valence electrons. The van der Waals surface area contributed by atoms with E-state index >= 15 is 0 Å². The maximum absolute atomic E-state index is 13.1. The zero-order valence-electron chi connectivity index (χ0n) is 15.9. The number of benzene rings is 1.